The Bertz CT molecular complexity index is 953. The number of carbonyl (C=O) groups excluding carboxylic acids is 1. The molecule has 1 aliphatic heterocycles. The van der Waals surface area contributed by atoms with E-state index >= 15 is 0 Å². The summed E-state index contributed by atoms with van der Waals surface area (Å²) in [7, 11) is 0. The molecule has 0 saturated carbocycles. The monoisotopic (exact) mass is 371 g/mol. The second kappa shape index (κ2) is 7.77. The van der Waals surface area contributed by atoms with Crippen LogP contribution in [-0.4, -0.2) is 11.9 Å². The maximum absolute atomic E-state index is 12.1. The first kappa shape index (κ1) is 18.1. The molecule has 0 bridgehead atoms. The molecule has 4 rings (SSSR count). The van der Waals surface area contributed by atoms with Gasteiger partial charge in [0.15, 0.2) is 0 Å². The van der Waals surface area contributed by atoms with Crippen molar-refractivity contribution < 1.29 is 4.79 Å². The molecule has 1 heterocycles. The molecule has 0 unspecified atom stereocenters. The first-order valence-corrected chi connectivity index (χ1v) is 9.69. The molecule has 142 valence electrons. The van der Waals surface area contributed by atoms with Crippen molar-refractivity contribution in [1.82, 2.24) is 0 Å². The number of fused-ring (bicyclic) bond motifs is 1. The van der Waals surface area contributed by atoms with Gasteiger partial charge in [0.1, 0.15) is 0 Å². The fraction of sp³-hybridized carbons (Fsp3) is 0.208. The molecule has 1 aliphatic rings. The smallest absolute Gasteiger partial charge is 0.224 e. The molecule has 28 heavy (non-hydrogen) atoms. The van der Waals surface area contributed by atoms with Crippen LogP contribution in [0.3, 0.4) is 0 Å². The first-order chi connectivity index (χ1) is 13.6. The lowest BCUT2D eigenvalue weighted by Gasteiger charge is -2.39. The van der Waals surface area contributed by atoms with Gasteiger partial charge in [-0.3, -0.25) is 4.79 Å². The van der Waals surface area contributed by atoms with E-state index in [0.717, 1.165) is 29.2 Å². The van der Waals surface area contributed by atoms with Crippen LogP contribution in [0.1, 0.15) is 31.9 Å². The maximum Gasteiger partial charge on any atom is 0.224 e. The van der Waals surface area contributed by atoms with Crippen LogP contribution < -0.4 is 15.5 Å². The van der Waals surface area contributed by atoms with E-state index in [1.54, 1.807) is 6.92 Å². The van der Waals surface area contributed by atoms with Gasteiger partial charge in [-0.1, -0.05) is 36.4 Å². The number of benzene rings is 3. The van der Waals surface area contributed by atoms with Gasteiger partial charge in [-0.25, -0.2) is 0 Å². The van der Waals surface area contributed by atoms with Crippen molar-refractivity contribution in [1.29, 1.82) is 0 Å². The van der Waals surface area contributed by atoms with E-state index in [9.17, 15) is 4.79 Å². The summed E-state index contributed by atoms with van der Waals surface area (Å²) >= 11 is 0. The molecule has 0 radical (unpaired) electrons. The summed E-state index contributed by atoms with van der Waals surface area (Å²) in [4.78, 5) is 14.0. The lowest BCUT2D eigenvalue weighted by Crippen LogP contribution is -2.43. The number of carbonyl (C=O) groups is 1. The van der Waals surface area contributed by atoms with Gasteiger partial charge in [-0.15, -0.1) is 0 Å². The van der Waals surface area contributed by atoms with Crippen molar-refractivity contribution >= 4 is 28.7 Å². The Morgan fingerprint density at radius 1 is 0.857 bits per heavy atom. The summed E-state index contributed by atoms with van der Waals surface area (Å²) in [5, 5.41) is 7.06. The quantitative estimate of drug-likeness (QED) is 0.616. The number of anilines is 4. The predicted octanol–water partition coefficient (Wildman–Crippen LogP) is 5.73. The fourth-order valence-corrected chi connectivity index (χ4v) is 3.97. The van der Waals surface area contributed by atoms with Crippen LogP contribution in [0.5, 0.6) is 0 Å². The second-order valence-electron chi connectivity index (χ2n) is 7.30. The molecular weight excluding hydrogens is 346 g/mol. The van der Waals surface area contributed by atoms with Crippen molar-refractivity contribution in [3.8, 4) is 0 Å². The molecule has 3 aromatic carbocycles. The standard InChI is InChI=1S/C24H25N3O/c1-17-16-23(22-10-6-7-11-24(22)27(17)18(2)28)26-21-14-12-20(13-15-21)25-19-8-4-3-5-9-19/h3-15,17,23,25-26H,16H2,1-2H3/t17-,23+/m1/s1. The van der Waals surface area contributed by atoms with Crippen LogP contribution in [-0.2, 0) is 4.79 Å². The largest absolute Gasteiger partial charge is 0.378 e. The minimum Gasteiger partial charge on any atom is -0.378 e. The third-order valence-electron chi connectivity index (χ3n) is 5.22. The van der Waals surface area contributed by atoms with Crippen LogP contribution in [0, 0.1) is 0 Å². The summed E-state index contributed by atoms with van der Waals surface area (Å²) in [6.45, 7) is 3.75. The van der Waals surface area contributed by atoms with Gasteiger partial charge in [0.2, 0.25) is 5.91 Å². The molecule has 0 aromatic heterocycles. The van der Waals surface area contributed by atoms with Crippen LogP contribution in [0.25, 0.3) is 0 Å². The van der Waals surface area contributed by atoms with E-state index in [-0.39, 0.29) is 18.0 Å². The molecule has 4 heteroatoms. The van der Waals surface area contributed by atoms with E-state index in [4.69, 9.17) is 0 Å². The zero-order chi connectivity index (χ0) is 19.5. The van der Waals surface area contributed by atoms with Crippen molar-refractivity contribution in [3.63, 3.8) is 0 Å². The third-order valence-corrected chi connectivity index (χ3v) is 5.22. The summed E-state index contributed by atoms with van der Waals surface area (Å²) < 4.78 is 0. The molecular formula is C24H25N3O. The second-order valence-corrected chi connectivity index (χ2v) is 7.30. The van der Waals surface area contributed by atoms with E-state index in [1.807, 2.05) is 53.4 Å². The SMILES string of the molecule is CC(=O)N1c2ccccc2[C@@H](Nc2ccc(Nc3ccccc3)cc2)C[C@H]1C. The third kappa shape index (κ3) is 3.72. The number of amides is 1. The zero-order valence-electron chi connectivity index (χ0n) is 16.2. The van der Waals surface area contributed by atoms with E-state index in [0.29, 0.717) is 0 Å². The van der Waals surface area contributed by atoms with Crippen molar-refractivity contribution in [2.45, 2.75) is 32.4 Å². The Morgan fingerprint density at radius 3 is 2.18 bits per heavy atom. The van der Waals surface area contributed by atoms with Crippen molar-refractivity contribution in [2.24, 2.45) is 0 Å². The molecule has 0 saturated heterocycles. The Kier molecular flexibility index (Phi) is 5.02. The van der Waals surface area contributed by atoms with Crippen LogP contribution >= 0.6 is 0 Å². The molecule has 3 aromatic rings. The maximum atomic E-state index is 12.1. The lowest BCUT2D eigenvalue weighted by atomic mass is 9.91. The van der Waals surface area contributed by atoms with Gasteiger partial charge in [0.25, 0.3) is 0 Å². The fourth-order valence-electron chi connectivity index (χ4n) is 3.97. The van der Waals surface area contributed by atoms with E-state index < -0.39 is 0 Å². The van der Waals surface area contributed by atoms with Gasteiger partial charge in [-0.2, -0.15) is 0 Å². The van der Waals surface area contributed by atoms with Gasteiger partial charge in [0.05, 0.1) is 6.04 Å². The minimum absolute atomic E-state index is 0.0924. The molecule has 4 nitrogen and oxygen atoms in total. The Hall–Kier alpha value is -3.27. The average Bonchev–Trinajstić information content (AvgIpc) is 2.70. The predicted molar refractivity (Wildman–Crippen MR) is 116 cm³/mol. The van der Waals surface area contributed by atoms with Crippen LogP contribution in [0.4, 0.5) is 22.7 Å². The first-order valence-electron chi connectivity index (χ1n) is 9.69. The Balaban J connectivity index is 1.52. The molecule has 0 fully saturated rings. The normalized spacial score (nSPS) is 18.3. The number of hydrogen-bond donors (Lipinski definition) is 2. The lowest BCUT2D eigenvalue weighted by molar-refractivity contribution is -0.117. The number of rotatable bonds is 4. The molecule has 2 N–H and O–H groups in total. The highest BCUT2D eigenvalue weighted by molar-refractivity contribution is 5.93. The van der Waals surface area contributed by atoms with Gasteiger partial charge in [0, 0.05) is 35.7 Å². The summed E-state index contributed by atoms with van der Waals surface area (Å²) in [5.74, 6) is 0.0924. The van der Waals surface area contributed by atoms with Crippen molar-refractivity contribution in [3.05, 3.63) is 84.4 Å². The highest BCUT2D eigenvalue weighted by atomic mass is 16.2. The number of nitrogens with one attached hydrogen (secondary N) is 2. The van der Waals surface area contributed by atoms with E-state index in [2.05, 4.69) is 47.9 Å². The van der Waals surface area contributed by atoms with Crippen LogP contribution in [0.15, 0.2) is 78.9 Å². The van der Waals surface area contributed by atoms with Gasteiger partial charge in [-0.05, 0) is 61.4 Å². The number of nitrogens with zero attached hydrogens (tertiary/aromatic N) is 1. The number of hydrogen-bond acceptors (Lipinski definition) is 3. The summed E-state index contributed by atoms with van der Waals surface area (Å²) in [6, 6.07) is 27.0. The average molecular weight is 371 g/mol. The highest BCUT2D eigenvalue weighted by Crippen LogP contribution is 2.39. The van der Waals surface area contributed by atoms with E-state index in [1.165, 1.54) is 5.56 Å². The zero-order valence-corrected chi connectivity index (χ0v) is 16.2. The molecule has 0 aliphatic carbocycles. The summed E-state index contributed by atoms with van der Waals surface area (Å²) in [5.41, 5.74) is 5.37. The van der Waals surface area contributed by atoms with Gasteiger partial charge >= 0.3 is 0 Å². The summed E-state index contributed by atoms with van der Waals surface area (Å²) in [6.07, 6.45) is 0.876. The minimum atomic E-state index is 0.0924. The Labute approximate surface area is 166 Å². The number of para-hydroxylation sites is 2. The Morgan fingerprint density at radius 2 is 1.46 bits per heavy atom. The molecule has 2 atom stereocenters. The van der Waals surface area contributed by atoms with Crippen molar-refractivity contribution in [2.75, 3.05) is 15.5 Å². The highest BCUT2D eigenvalue weighted by Gasteiger charge is 2.31. The molecule has 1 amide bonds. The molecule has 0 spiro atoms. The van der Waals surface area contributed by atoms with Crippen LogP contribution in [0.2, 0.25) is 0 Å². The van der Waals surface area contributed by atoms with Gasteiger partial charge < -0.3 is 15.5 Å². The topological polar surface area (TPSA) is 44.4 Å².